The fourth-order valence-electron chi connectivity index (χ4n) is 3.09. The zero-order valence-electron chi connectivity index (χ0n) is 15.3. The molecule has 0 radical (unpaired) electrons. The minimum Gasteiger partial charge on any atom is -0.493 e. The van der Waals surface area contributed by atoms with Crippen LogP contribution in [0.4, 0.5) is 0 Å². The van der Waals surface area contributed by atoms with Gasteiger partial charge in [0.2, 0.25) is 0 Å². The predicted molar refractivity (Wildman–Crippen MR) is 112 cm³/mol. The van der Waals surface area contributed by atoms with Gasteiger partial charge in [-0.3, -0.25) is 4.79 Å². The second kappa shape index (κ2) is 8.32. The normalized spacial score (nSPS) is 15.4. The van der Waals surface area contributed by atoms with Crippen molar-refractivity contribution in [3.05, 3.63) is 74.1 Å². The van der Waals surface area contributed by atoms with E-state index >= 15 is 0 Å². The van der Waals surface area contributed by atoms with Crippen LogP contribution in [-0.2, 0) is 6.61 Å². The number of carbonyl (C=O) groups is 1. The molecule has 0 bridgehead atoms. The van der Waals surface area contributed by atoms with Crippen LogP contribution in [0.1, 0.15) is 39.1 Å². The van der Waals surface area contributed by atoms with Crippen molar-refractivity contribution in [2.45, 2.75) is 26.0 Å². The Hall–Kier alpha value is -2.38. The van der Waals surface area contributed by atoms with E-state index in [1.807, 2.05) is 42.6 Å². The van der Waals surface area contributed by atoms with Crippen molar-refractivity contribution in [2.75, 3.05) is 6.61 Å². The SMILES string of the molecule is Cc1nc(COc2ccc(C(=O)NC3CCOc4ccc(Br)cc43)cc2)cs1. The molecule has 144 valence electrons. The van der Waals surface area contributed by atoms with Crippen molar-refractivity contribution >= 4 is 33.2 Å². The molecule has 1 amide bonds. The third-order valence-corrected chi connectivity index (χ3v) is 5.80. The smallest absolute Gasteiger partial charge is 0.251 e. The van der Waals surface area contributed by atoms with Crippen LogP contribution in [0.5, 0.6) is 11.5 Å². The molecule has 4 rings (SSSR count). The van der Waals surface area contributed by atoms with E-state index in [2.05, 4.69) is 26.2 Å². The van der Waals surface area contributed by atoms with E-state index in [-0.39, 0.29) is 11.9 Å². The van der Waals surface area contributed by atoms with Gasteiger partial charge in [-0.15, -0.1) is 11.3 Å². The second-order valence-electron chi connectivity index (χ2n) is 6.52. The molecule has 1 aliphatic heterocycles. The number of nitrogens with zero attached hydrogens (tertiary/aromatic N) is 1. The summed E-state index contributed by atoms with van der Waals surface area (Å²) in [5.74, 6) is 1.42. The Morgan fingerprint density at radius 1 is 1.32 bits per heavy atom. The van der Waals surface area contributed by atoms with Gasteiger partial charge in [-0.1, -0.05) is 15.9 Å². The van der Waals surface area contributed by atoms with E-state index < -0.39 is 0 Å². The lowest BCUT2D eigenvalue weighted by Crippen LogP contribution is -2.32. The molecule has 1 N–H and O–H groups in total. The van der Waals surface area contributed by atoms with Crippen LogP contribution in [0.2, 0.25) is 0 Å². The summed E-state index contributed by atoms with van der Waals surface area (Å²) in [6.45, 7) is 2.98. The first-order chi connectivity index (χ1) is 13.6. The van der Waals surface area contributed by atoms with Gasteiger partial charge in [-0.05, 0) is 49.4 Å². The molecule has 2 heterocycles. The molecule has 0 saturated heterocycles. The average Bonchev–Trinajstić information content (AvgIpc) is 3.12. The van der Waals surface area contributed by atoms with E-state index in [4.69, 9.17) is 9.47 Å². The number of carbonyl (C=O) groups excluding carboxylic acids is 1. The van der Waals surface area contributed by atoms with E-state index in [0.717, 1.165) is 32.9 Å². The molecule has 1 aliphatic rings. The van der Waals surface area contributed by atoms with Crippen LogP contribution in [0, 0.1) is 6.92 Å². The largest absolute Gasteiger partial charge is 0.493 e. The molecule has 0 fully saturated rings. The zero-order valence-corrected chi connectivity index (χ0v) is 17.7. The first-order valence-corrected chi connectivity index (χ1v) is 10.6. The zero-order chi connectivity index (χ0) is 19.5. The van der Waals surface area contributed by atoms with Gasteiger partial charge < -0.3 is 14.8 Å². The summed E-state index contributed by atoms with van der Waals surface area (Å²) < 4.78 is 12.4. The van der Waals surface area contributed by atoms with Crippen molar-refractivity contribution in [1.82, 2.24) is 10.3 Å². The number of ether oxygens (including phenoxy) is 2. The topological polar surface area (TPSA) is 60.5 Å². The first-order valence-electron chi connectivity index (χ1n) is 8.95. The monoisotopic (exact) mass is 458 g/mol. The molecule has 3 aromatic rings. The van der Waals surface area contributed by atoms with Gasteiger partial charge in [0.25, 0.3) is 5.91 Å². The molecule has 1 aromatic heterocycles. The molecule has 0 spiro atoms. The molecule has 0 saturated carbocycles. The predicted octanol–water partition coefficient (Wildman–Crippen LogP) is 5.05. The molecule has 5 nitrogen and oxygen atoms in total. The van der Waals surface area contributed by atoms with Crippen LogP contribution in [0.25, 0.3) is 0 Å². The summed E-state index contributed by atoms with van der Waals surface area (Å²) in [6.07, 6.45) is 0.740. The lowest BCUT2D eigenvalue weighted by molar-refractivity contribution is 0.0924. The standard InChI is InChI=1S/C21H19BrN2O3S/c1-13-23-16(12-28-13)11-27-17-5-2-14(3-6-17)21(25)24-19-8-9-26-20-7-4-15(22)10-18(19)20/h2-7,10,12,19H,8-9,11H2,1H3,(H,24,25). The van der Waals surface area contributed by atoms with Crippen molar-refractivity contribution in [2.24, 2.45) is 0 Å². The number of thiazole rings is 1. The number of amides is 1. The summed E-state index contributed by atoms with van der Waals surface area (Å²) in [6, 6.07) is 13.0. The minimum absolute atomic E-state index is 0.0717. The summed E-state index contributed by atoms with van der Waals surface area (Å²) in [4.78, 5) is 17.1. The van der Waals surface area contributed by atoms with Gasteiger partial charge in [0.15, 0.2) is 0 Å². The second-order valence-corrected chi connectivity index (χ2v) is 8.49. The van der Waals surface area contributed by atoms with Crippen LogP contribution in [-0.4, -0.2) is 17.5 Å². The van der Waals surface area contributed by atoms with Crippen molar-refractivity contribution in [1.29, 1.82) is 0 Å². The summed E-state index contributed by atoms with van der Waals surface area (Å²) in [5, 5.41) is 6.12. The van der Waals surface area contributed by atoms with Crippen molar-refractivity contribution in [3.8, 4) is 11.5 Å². The highest BCUT2D eigenvalue weighted by Gasteiger charge is 2.23. The molecule has 1 atom stereocenters. The number of hydrogen-bond donors (Lipinski definition) is 1. The Bertz CT molecular complexity index is 988. The van der Waals surface area contributed by atoms with Gasteiger partial charge >= 0.3 is 0 Å². The fourth-order valence-corrected chi connectivity index (χ4v) is 4.07. The lowest BCUT2D eigenvalue weighted by Gasteiger charge is -2.27. The molecular formula is C21H19BrN2O3S. The highest BCUT2D eigenvalue weighted by Crippen LogP contribution is 2.34. The lowest BCUT2D eigenvalue weighted by atomic mass is 10.00. The number of nitrogens with one attached hydrogen (secondary N) is 1. The number of halogens is 1. The molecule has 28 heavy (non-hydrogen) atoms. The van der Waals surface area contributed by atoms with Crippen LogP contribution in [0.3, 0.4) is 0 Å². The van der Waals surface area contributed by atoms with Crippen LogP contribution < -0.4 is 14.8 Å². The van der Waals surface area contributed by atoms with Gasteiger partial charge in [-0.2, -0.15) is 0 Å². The van der Waals surface area contributed by atoms with E-state index in [9.17, 15) is 4.79 Å². The number of fused-ring (bicyclic) bond motifs is 1. The third kappa shape index (κ3) is 4.36. The van der Waals surface area contributed by atoms with E-state index in [1.165, 1.54) is 0 Å². The van der Waals surface area contributed by atoms with Gasteiger partial charge in [0.05, 0.1) is 23.4 Å². The highest BCUT2D eigenvalue weighted by atomic mass is 79.9. The van der Waals surface area contributed by atoms with Crippen molar-refractivity contribution < 1.29 is 14.3 Å². The summed E-state index contributed by atoms with van der Waals surface area (Å²) >= 11 is 5.09. The number of rotatable bonds is 5. The number of aromatic nitrogens is 1. The Labute approximate surface area is 175 Å². The van der Waals surface area contributed by atoms with E-state index in [1.54, 1.807) is 23.5 Å². The fraction of sp³-hybridized carbons (Fsp3) is 0.238. The number of aryl methyl sites for hydroxylation is 1. The number of hydrogen-bond acceptors (Lipinski definition) is 5. The maximum Gasteiger partial charge on any atom is 0.251 e. The molecular weight excluding hydrogens is 440 g/mol. The van der Waals surface area contributed by atoms with Gasteiger partial charge in [-0.25, -0.2) is 4.98 Å². The first kappa shape index (κ1) is 19.0. The summed E-state index contributed by atoms with van der Waals surface area (Å²) in [5.41, 5.74) is 2.50. The van der Waals surface area contributed by atoms with Crippen LogP contribution in [0.15, 0.2) is 52.3 Å². The van der Waals surface area contributed by atoms with Gasteiger partial charge in [0, 0.05) is 27.4 Å². The molecule has 1 unspecified atom stereocenters. The highest BCUT2D eigenvalue weighted by molar-refractivity contribution is 9.10. The minimum atomic E-state index is -0.112. The maximum absolute atomic E-state index is 12.7. The molecule has 7 heteroatoms. The third-order valence-electron chi connectivity index (χ3n) is 4.49. The maximum atomic E-state index is 12.7. The number of benzene rings is 2. The van der Waals surface area contributed by atoms with Crippen LogP contribution >= 0.6 is 27.3 Å². The van der Waals surface area contributed by atoms with Gasteiger partial charge in [0.1, 0.15) is 18.1 Å². The Balaban J connectivity index is 1.40. The van der Waals surface area contributed by atoms with E-state index in [0.29, 0.717) is 24.5 Å². The average molecular weight is 459 g/mol. The quantitative estimate of drug-likeness (QED) is 0.581. The van der Waals surface area contributed by atoms with Crippen molar-refractivity contribution in [3.63, 3.8) is 0 Å². The molecule has 2 aromatic carbocycles. The summed E-state index contributed by atoms with van der Waals surface area (Å²) in [7, 11) is 0. The Kier molecular flexibility index (Phi) is 5.64. The Morgan fingerprint density at radius 3 is 2.89 bits per heavy atom. The molecule has 0 aliphatic carbocycles. The Morgan fingerprint density at radius 2 is 2.14 bits per heavy atom.